The molecule has 2 bridgehead atoms. The zero-order valence-electron chi connectivity index (χ0n) is 14.0. The lowest BCUT2D eigenvalue weighted by molar-refractivity contribution is -0.164. The van der Waals surface area contributed by atoms with Gasteiger partial charge in [0.1, 0.15) is 18.5 Å². The molecule has 2 saturated heterocycles. The minimum absolute atomic E-state index is 0.189. The van der Waals surface area contributed by atoms with Crippen molar-refractivity contribution in [1.82, 2.24) is 24.8 Å². The van der Waals surface area contributed by atoms with Gasteiger partial charge in [-0.3, -0.25) is 0 Å². The molecule has 0 saturated carbocycles. The highest BCUT2D eigenvalue weighted by molar-refractivity contribution is 5.75. The summed E-state index contributed by atoms with van der Waals surface area (Å²) < 4.78 is 13.8. The molecule has 0 aliphatic carbocycles. The molecule has 0 radical (unpaired) electrons. The molecule has 0 amide bonds. The largest absolute Gasteiger partial charge is 0.389 e. The molecular formula is C18H19N5O3. The van der Waals surface area contributed by atoms with Gasteiger partial charge in [0.2, 0.25) is 0 Å². The quantitative estimate of drug-likeness (QED) is 0.711. The number of hydrogen-bond acceptors (Lipinski definition) is 7. The third-order valence-corrected chi connectivity index (χ3v) is 5.09. The van der Waals surface area contributed by atoms with E-state index in [2.05, 4.69) is 20.3 Å². The smallest absolute Gasteiger partial charge is 0.181 e. The number of para-hydroxylation sites is 2. The maximum atomic E-state index is 11.1. The van der Waals surface area contributed by atoms with Crippen molar-refractivity contribution in [2.45, 2.75) is 37.1 Å². The van der Waals surface area contributed by atoms with Crippen LogP contribution in [0.15, 0.2) is 49.3 Å². The van der Waals surface area contributed by atoms with Crippen molar-refractivity contribution in [3.63, 3.8) is 0 Å². The molecule has 5 atom stereocenters. The van der Waals surface area contributed by atoms with E-state index in [0.29, 0.717) is 13.2 Å². The maximum absolute atomic E-state index is 11.1. The Balaban J connectivity index is 1.43. The minimum atomic E-state index is -0.677. The SMILES string of the molecule is O[C@H]1[C@H](NCc2cncnc2)[C@H]2CO[C@H](O2)[C@@H]1n1cnc2ccccc21. The van der Waals surface area contributed by atoms with Crippen molar-refractivity contribution >= 4 is 11.0 Å². The lowest BCUT2D eigenvalue weighted by Gasteiger charge is -2.39. The summed E-state index contributed by atoms with van der Waals surface area (Å²) in [6.45, 7) is 0.998. The summed E-state index contributed by atoms with van der Waals surface area (Å²) >= 11 is 0. The molecule has 26 heavy (non-hydrogen) atoms. The molecular weight excluding hydrogens is 334 g/mol. The van der Waals surface area contributed by atoms with Crippen LogP contribution in [-0.2, 0) is 16.0 Å². The molecule has 2 aliphatic rings. The number of aliphatic hydroxyl groups excluding tert-OH is 1. The molecule has 5 rings (SSSR count). The normalized spacial score (nSPS) is 30.7. The number of ether oxygens (including phenoxy) is 2. The van der Waals surface area contributed by atoms with Crippen LogP contribution in [0.4, 0.5) is 0 Å². The maximum Gasteiger partial charge on any atom is 0.181 e. The number of hydrogen-bond donors (Lipinski definition) is 2. The zero-order valence-corrected chi connectivity index (χ0v) is 14.0. The fourth-order valence-corrected chi connectivity index (χ4v) is 3.82. The highest BCUT2D eigenvalue weighted by Crippen LogP contribution is 2.37. The Labute approximate surface area is 149 Å². The number of aliphatic hydroxyl groups is 1. The first kappa shape index (κ1) is 15.8. The van der Waals surface area contributed by atoms with Crippen LogP contribution in [0.2, 0.25) is 0 Å². The van der Waals surface area contributed by atoms with E-state index in [9.17, 15) is 5.11 Å². The fraction of sp³-hybridized carbons (Fsp3) is 0.389. The van der Waals surface area contributed by atoms with Crippen LogP contribution in [0, 0.1) is 0 Å². The standard InChI is InChI=1S/C18H19N5O3/c24-17-15(21-7-11-5-19-9-20-6-11)14-8-25-18(26-14)16(17)23-10-22-12-3-1-2-4-13(12)23/h1-6,9-10,14-18,21,24H,7-8H2/t14-,15-,16-,17+,18-/m1/s1. The Bertz CT molecular complexity index is 902. The highest BCUT2D eigenvalue weighted by atomic mass is 16.7. The van der Waals surface area contributed by atoms with Gasteiger partial charge in [-0.1, -0.05) is 12.1 Å². The summed E-state index contributed by atoms with van der Waals surface area (Å²) in [5, 5.41) is 14.5. The minimum Gasteiger partial charge on any atom is -0.389 e. The topological polar surface area (TPSA) is 94.3 Å². The van der Waals surface area contributed by atoms with E-state index >= 15 is 0 Å². The van der Waals surface area contributed by atoms with Gasteiger partial charge in [0.05, 0.1) is 36.1 Å². The molecule has 8 nitrogen and oxygen atoms in total. The second kappa shape index (κ2) is 6.40. The summed E-state index contributed by atoms with van der Waals surface area (Å²) in [6.07, 6.45) is 5.40. The second-order valence-corrected chi connectivity index (χ2v) is 6.65. The summed E-state index contributed by atoms with van der Waals surface area (Å²) in [5.74, 6) is 0. The van der Waals surface area contributed by atoms with Gasteiger partial charge in [-0.05, 0) is 12.1 Å². The van der Waals surface area contributed by atoms with Crippen LogP contribution in [0.5, 0.6) is 0 Å². The number of benzene rings is 1. The molecule has 134 valence electrons. The van der Waals surface area contributed by atoms with E-state index < -0.39 is 12.4 Å². The number of fused-ring (bicyclic) bond motifs is 3. The number of aromatic nitrogens is 4. The van der Waals surface area contributed by atoms with Crippen molar-refractivity contribution in [3.05, 3.63) is 54.9 Å². The van der Waals surface area contributed by atoms with Gasteiger partial charge in [0, 0.05) is 24.5 Å². The van der Waals surface area contributed by atoms with Crippen molar-refractivity contribution in [3.8, 4) is 0 Å². The second-order valence-electron chi connectivity index (χ2n) is 6.65. The van der Waals surface area contributed by atoms with Crippen LogP contribution in [0.25, 0.3) is 11.0 Å². The molecule has 2 fully saturated rings. The first-order valence-electron chi connectivity index (χ1n) is 8.65. The summed E-state index contributed by atoms with van der Waals surface area (Å²) in [4.78, 5) is 12.5. The highest BCUT2D eigenvalue weighted by Gasteiger charge is 2.50. The lowest BCUT2D eigenvalue weighted by atomic mass is 9.95. The van der Waals surface area contributed by atoms with Gasteiger partial charge in [-0.15, -0.1) is 0 Å². The third-order valence-electron chi connectivity index (χ3n) is 5.09. The molecule has 0 spiro atoms. The van der Waals surface area contributed by atoms with Gasteiger partial charge in [-0.25, -0.2) is 15.0 Å². The van der Waals surface area contributed by atoms with E-state index in [-0.39, 0.29) is 18.2 Å². The van der Waals surface area contributed by atoms with Gasteiger partial charge in [0.25, 0.3) is 0 Å². The average Bonchev–Trinajstić information content (AvgIpc) is 3.29. The number of nitrogens with one attached hydrogen (secondary N) is 1. The molecule has 4 heterocycles. The van der Waals surface area contributed by atoms with Crippen LogP contribution < -0.4 is 5.32 Å². The molecule has 2 N–H and O–H groups in total. The Morgan fingerprint density at radius 1 is 1.23 bits per heavy atom. The third kappa shape index (κ3) is 2.58. The van der Waals surface area contributed by atoms with Crippen LogP contribution in [0.3, 0.4) is 0 Å². The Morgan fingerprint density at radius 3 is 2.96 bits per heavy atom. The molecule has 2 aliphatic heterocycles. The van der Waals surface area contributed by atoms with E-state index in [1.54, 1.807) is 18.7 Å². The van der Waals surface area contributed by atoms with E-state index in [1.807, 2.05) is 28.8 Å². The predicted molar refractivity (Wildman–Crippen MR) is 92.0 cm³/mol. The Morgan fingerprint density at radius 2 is 2.08 bits per heavy atom. The zero-order chi connectivity index (χ0) is 17.5. The predicted octanol–water partition coefficient (Wildman–Crippen LogP) is 0.642. The monoisotopic (exact) mass is 353 g/mol. The summed E-state index contributed by atoms with van der Waals surface area (Å²) in [7, 11) is 0. The van der Waals surface area contributed by atoms with Crippen LogP contribution in [0.1, 0.15) is 11.6 Å². The fourth-order valence-electron chi connectivity index (χ4n) is 3.82. The molecule has 1 aromatic carbocycles. The Kier molecular flexibility index (Phi) is 3.90. The van der Waals surface area contributed by atoms with Crippen molar-refractivity contribution < 1.29 is 14.6 Å². The molecule has 3 aromatic rings. The van der Waals surface area contributed by atoms with Gasteiger partial charge < -0.3 is 24.5 Å². The van der Waals surface area contributed by atoms with Crippen LogP contribution >= 0.6 is 0 Å². The number of imidazole rings is 1. The molecule has 0 unspecified atom stereocenters. The van der Waals surface area contributed by atoms with E-state index in [4.69, 9.17) is 9.47 Å². The van der Waals surface area contributed by atoms with Crippen LogP contribution in [-0.4, -0.2) is 55.8 Å². The van der Waals surface area contributed by atoms with Crippen molar-refractivity contribution in [1.29, 1.82) is 0 Å². The lowest BCUT2D eigenvalue weighted by Crippen LogP contribution is -2.57. The number of nitrogens with zero attached hydrogens (tertiary/aromatic N) is 4. The van der Waals surface area contributed by atoms with Gasteiger partial charge in [-0.2, -0.15) is 0 Å². The summed E-state index contributed by atoms with van der Waals surface area (Å²) in [5.41, 5.74) is 2.78. The van der Waals surface area contributed by atoms with Crippen molar-refractivity contribution in [2.75, 3.05) is 6.61 Å². The van der Waals surface area contributed by atoms with Crippen molar-refractivity contribution in [2.24, 2.45) is 0 Å². The molecule has 2 aromatic heterocycles. The Hall–Kier alpha value is -2.39. The van der Waals surface area contributed by atoms with E-state index in [0.717, 1.165) is 16.6 Å². The first-order chi connectivity index (χ1) is 12.8. The van der Waals surface area contributed by atoms with E-state index in [1.165, 1.54) is 6.33 Å². The summed E-state index contributed by atoms with van der Waals surface area (Å²) in [6, 6.07) is 7.21. The first-order valence-corrected chi connectivity index (χ1v) is 8.65. The number of rotatable bonds is 4. The molecule has 8 heteroatoms. The average molecular weight is 353 g/mol. The van der Waals surface area contributed by atoms with Gasteiger partial charge >= 0.3 is 0 Å². The van der Waals surface area contributed by atoms with Gasteiger partial charge in [0.15, 0.2) is 6.29 Å².